The van der Waals surface area contributed by atoms with E-state index in [9.17, 15) is 9.59 Å². The Labute approximate surface area is 146 Å². The van der Waals surface area contributed by atoms with Gasteiger partial charge in [0.05, 0.1) is 11.3 Å². The molecule has 0 atom stereocenters. The lowest BCUT2D eigenvalue weighted by atomic mass is 10.2. The van der Waals surface area contributed by atoms with Crippen molar-refractivity contribution in [2.75, 3.05) is 25.0 Å². The molecule has 1 heterocycles. The Balaban J connectivity index is 1.83. The Hall–Kier alpha value is -3.32. The summed E-state index contributed by atoms with van der Waals surface area (Å²) < 4.78 is 0. The molecular weight excluding hydrogens is 318 g/mol. The van der Waals surface area contributed by atoms with Crippen LogP contribution in [0.1, 0.15) is 24.8 Å². The molecule has 1 aliphatic heterocycles. The number of anilines is 1. The maximum Gasteiger partial charge on any atom is 0.263 e. The third kappa shape index (κ3) is 5.08. The lowest BCUT2D eigenvalue weighted by Gasteiger charge is -2.15. The summed E-state index contributed by atoms with van der Waals surface area (Å²) in [6, 6.07) is 10.7. The summed E-state index contributed by atoms with van der Waals surface area (Å²) in [5.41, 5.74) is 0.870. The topological polar surface area (TPSA) is 109 Å². The van der Waals surface area contributed by atoms with Gasteiger partial charge in [0.1, 0.15) is 17.7 Å². The third-order valence-electron chi connectivity index (χ3n) is 3.85. The second kappa shape index (κ2) is 9.09. The second-order valence-corrected chi connectivity index (χ2v) is 5.57. The summed E-state index contributed by atoms with van der Waals surface area (Å²) in [5.74, 6) is -0.332. The number of amides is 2. The van der Waals surface area contributed by atoms with E-state index in [1.54, 1.807) is 29.2 Å². The highest BCUT2D eigenvalue weighted by atomic mass is 16.2. The number of rotatable bonds is 7. The summed E-state index contributed by atoms with van der Waals surface area (Å²) in [5, 5.41) is 23.6. The Bertz CT molecular complexity index is 757. The van der Waals surface area contributed by atoms with Crippen molar-refractivity contribution < 1.29 is 9.59 Å². The molecule has 1 aromatic rings. The van der Waals surface area contributed by atoms with E-state index >= 15 is 0 Å². The molecular formula is C18H19N5O2. The Kier molecular flexibility index (Phi) is 6.56. The first-order valence-electron chi connectivity index (χ1n) is 8.07. The number of hydrogen-bond donors (Lipinski definition) is 2. The highest BCUT2D eigenvalue weighted by Crippen LogP contribution is 2.14. The molecule has 2 N–H and O–H groups in total. The lowest BCUT2D eigenvalue weighted by molar-refractivity contribution is -0.127. The Morgan fingerprint density at radius 2 is 2.12 bits per heavy atom. The predicted octanol–water partition coefficient (Wildman–Crippen LogP) is 1.51. The first-order valence-corrected chi connectivity index (χ1v) is 8.07. The van der Waals surface area contributed by atoms with E-state index in [2.05, 4.69) is 10.6 Å². The molecule has 1 fully saturated rings. The van der Waals surface area contributed by atoms with Crippen LogP contribution in [0.2, 0.25) is 0 Å². The fourth-order valence-electron chi connectivity index (χ4n) is 2.51. The van der Waals surface area contributed by atoms with E-state index in [0.717, 1.165) is 13.0 Å². The maximum absolute atomic E-state index is 12.0. The molecule has 0 bridgehead atoms. The fraction of sp³-hybridized carbons (Fsp3) is 0.333. The number of nitrogens with one attached hydrogen (secondary N) is 2. The van der Waals surface area contributed by atoms with Gasteiger partial charge in [-0.15, -0.1) is 0 Å². The van der Waals surface area contributed by atoms with Crippen molar-refractivity contribution in [1.82, 2.24) is 10.2 Å². The normalized spacial score (nSPS) is 13.9. The number of likely N-dealkylation sites (tertiary alicyclic amines) is 1. The first-order chi connectivity index (χ1) is 12.2. The molecule has 128 valence electrons. The van der Waals surface area contributed by atoms with Crippen molar-refractivity contribution in [3.63, 3.8) is 0 Å². The van der Waals surface area contributed by atoms with E-state index in [1.165, 1.54) is 6.20 Å². The van der Waals surface area contributed by atoms with Crippen LogP contribution in [0, 0.1) is 22.7 Å². The van der Waals surface area contributed by atoms with Crippen LogP contribution in [0.25, 0.3) is 0 Å². The van der Waals surface area contributed by atoms with E-state index in [1.807, 2.05) is 12.1 Å². The largest absolute Gasteiger partial charge is 0.359 e. The van der Waals surface area contributed by atoms with Crippen molar-refractivity contribution in [1.29, 1.82) is 10.5 Å². The summed E-state index contributed by atoms with van der Waals surface area (Å²) >= 11 is 0. The molecule has 1 aromatic carbocycles. The van der Waals surface area contributed by atoms with Gasteiger partial charge in [-0.3, -0.25) is 9.59 Å². The SMILES string of the molecule is N#C/C(=C/Nc1ccccc1C#N)C(=O)NCCCN1CCCC1=O. The number of carbonyl (C=O) groups is 2. The Morgan fingerprint density at radius 3 is 2.80 bits per heavy atom. The van der Waals surface area contributed by atoms with Crippen molar-refractivity contribution in [3.8, 4) is 12.1 Å². The van der Waals surface area contributed by atoms with Gasteiger partial charge in [0, 0.05) is 32.3 Å². The number of benzene rings is 1. The molecule has 2 rings (SSSR count). The standard InChI is InChI=1S/C18H19N5O2/c19-11-14-5-1-2-6-16(14)22-13-15(12-20)18(25)21-8-4-10-23-9-3-7-17(23)24/h1-2,5-6,13,22H,3-4,7-10H2,(H,21,25)/b15-13-. The molecule has 0 unspecified atom stereocenters. The second-order valence-electron chi connectivity index (χ2n) is 5.57. The van der Waals surface area contributed by atoms with Crippen molar-refractivity contribution in [3.05, 3.63) is 41.6 Å². The van der Waals surface area contributed by atoms with Gasteiger partial charge in [-0.1, -0.05) is 12.1 Å². The molecule has 25 heavy (non-hydrogen) atoms. The van der Waals surface area contributed by atoms with E-state index in [0.29, 0.717) is 37.2 Å². The summed E-state index contributed by atoms with van der Waals surface area (Å²) in [4.78, 5) is 25.3. The number of hydrogen-bond acceptors (Lipinski definition) is 5. The van der Waals surface area contributed by atoms with Crippen LogP contribution in [-0.4, -0.2) is 36.3 Å². The van der Waals surface area contributed by atoms with Crippen LogP contribution in [0.5, 0.6) is 0 Å². The molecule has 0 spiro atoms. The van der Waals surface area contributed by atoms with Crippen LogP contribution in [0.15, 0.2) is 36.0 Å². The zero-order chi connectivity index (χ0) is 18.1. The minimum Gasteiger partial charge on any atom is -0.359 e. The summed E-state index contributed by atoms with van der Waals surface area (Å²) in [7, 11) is 0. The molecule has 1 saturated heterocycles. The van der Waals surface area contributed by atoms with Gasteiger partial charge in [0.2, 0.25) is 5.91 Å². The Morgan fingerprint density at radius 1 is 1.32 bits per heavy atom. The average Bonchev–Trinajstić information content (AvgIpc) is 3.04. The van der Waals surface area contributed by atoms with E-state index in [4.69, 9.17) is 10.5 Å². The minimum absolute atomic E-state index is 0.0787. The molecule has 1 aliphatic rings. The lowest BCUT2D eigenvalue weighted by Crippen LogP contribution is -2.31. The molecule has 0 saturated carbocycles. The molecule has 7 heteroatoms. The highest BCUT2D eigenvalue weighted by molar-refractivity contribution is 5.97. The van der Waals surface area contributed by atoms with E-state index in [-0.39, 0.29) is 11.5 Å². The van der Waals surface area contributed by atoms with Crippen LogP contribution in [0.4, 0.5) is 5.69 Å². The zero-order valence-corrected chi connectivity index (χ0v) is 13.8. The summed E-state index contributed by atoms with van der Waals surface area (Å²) in [6.45, 7) is 1.77. The number of para-hydroxylation sites is 1. The van der Waals surface area contributed by atoms with Gasteiger partial charge in [0.15, 0.2) is 0 Å². The fourth-order valence-corrected chi connectivity index (χ4v) is 2.51. The average molecular weight is 337 g/mol. The maximum atomic E-state index is 12.0. The monoisotopic (exact) mass is 337 g/mol. The quantitative estimate of drug-likeness (QED) is 0.445. The van der Waals surface area contributed by atoms with Crippen LogP contribution >= 0.6 is 0 Å². The molecule has 0 aliphatic carbocycles. The number of nitriles is 2. The van der Waals surface area contributed by atoms with E-state index < -0.39 is 5.91 Å². The van der Waals surface area contributed by atoms with Gasteiger partial charge in [0.25, 0.3) is 5.91 Å². The van der Waals surface area contributed by atoms with Crippen molar-refractivity contribution in [2.24, 2.45) is 0 Å². The number of nitrogens with zero attached hydrogens (tertiary/aromatic N) is 3. The van der Waals surface area contributed by atoms with Crippen LogP contribution in [-0.2, 0) is 9.59 Å². The van der Waals surface area contributed by atoms with Crippen molar-refractivity contribution >= 4 is 17.5 Å². The zero-order valence-electron chi connectivity index (χ0n) is 13.8. The van der Waals surface area contributed by atoms with Crippen LogP contribution in [0.3, 0.4) is 0 Å². The minimum atomic E-state index is -0.489. The van der Waals surface area contributed by atoms with Gasteiger partial charge in [-0.2, -0.15) is 10.5 Å². The van der Waals surface area contributed by atoms with Gasteiger partial charge in [-0.25, -0.2) is 0 Å². The van der Waals surface area contributed by atoms with Crippen molar-refractivity contribution in [2.45, 2.75) is 19.3 Å². The first kappa shape index (κ1) is 18.0. The van der Waals surface area contributed by atoms with Gasteiger partial charge >= 0.3 is 0 Å². The predicted molar refractivity (Wildman–Crippen MR) is 91.9 cm³/mol. The van der Waals surface area contributed by atoms with Gasteiger partial charge < -0.3 is 15.5 Å². The highest BCUT2D eigenvalue weighted by Gasteiger charge is 2.19. The smallest absolute Gasteiger partial charge is 0.263 e. The molecule has 0 radical (unpaired) electrons. The number of carbonyl (C=O) groups excluding carboxylic acids is 2. The van der Waals surface area contributed by atoms with Crippen LogP contribution < -0.4 is 10.6 Å². The molecule has 2 amide bonds. The third-order valence-corrected chi connectivity index (χ3v) is 3.85. The molecule has 0 aromatic heterocycles. The molecule has 7 nitrogen and oxygen atoms in total. The van der Waals surface area contributed by atoms with Gasteiger partial charge in [-0.05, 0) is 25.0 Å². The summed E-state index contributed by atoms with van der Waals surface area (Å²) in [6.07, 6.45) is 3.42.